The van der Waals surface area contributed by atoms with Gasteiger partial charge in [0, 0.05) is 11.8 Å². The van der Waals surface area contributed by atoms with Gasteiger partial charge in [-0.2, -0.15) is 0 Å². The molecule has 0 radical (unpaired) electrons. The highest BCUT2D eigenvalue weighted by atomic mass is 32.1. The van der Waals surface area contributed by atoms with Gasteiger partial charge in [-0.1, -0.05) is 17.7 Å². The molecule has 2 aromatic rings. The molecule has 0 aliphatic carbocycles. The lowest BCUT2D eigenvalue weighted by molar-refractivity contribution is 0.0977. The van der Waals surface area contributed by atoms with Crippen LogP contribution in [0.5, 0.6) is 0 Å². The molecule has 0 fully saturated rings. The lowest BCUT2D eigenvalue weighted by Crippen LogP contribution is -2.36. The van der Waals surface area contributed by atoms with Gasteiger partial charge in [-0.3, -0.25) is 19.9 Å². The molecule has 0 aliphatic rings. The first-order valence-electron chi connectivity index (χ1n) is 5.97. The van der Waals surface area contributed by atoms with Crippen LogP contribution in [0.1, 0.15) is 15.9 Å². The van der Waals surface area contributed by atoms with Gasteiger partial charge in [-0.25, -0.2) is 4.79 Å². The van der Waals surface area contributed by atoms with Crippen molar-refractivity contribution in [2.45, 2.75) is 6.92 Å². The summed E-state index contributed by atoms with van der Waals surface area (Å²) in [6.45, 7) is 1.91. The summed E-state index contributed by atoms with van der Waals surface area (Å²) in [6.07, 6.45) is 1.17. The summed E-state index contributed by atoms with van der Waals surface area (Å²) in [4.78, 5) is 38.6. The highest BCUT2D eigenvalue weighted by molar-refractivity contribution is 7.80. The fraction of sp³-hybridized carbons (Fsp3) is 0.0769. The number of aromatic amines is 2. The van der Waals surface area contributed by atoms with Crippen LogP contribution in [0.15, 0.2) is 40.1 Å². The molecule has 1 aromatic heterocycles. The van der Waals surface area contributed by atoms with Crippen molar-refractivity contribution in [1.29, 1.82) is 0 Å². The van der Waals surface area contributed by atoms with Crippen LogP contribution in [0.2, 0.25) is 0 Å². The first-order chi connectivity index (χ1) is 9.95. The monoisotopic (exact) mass is 304 g/mol. The molecule has 1 amide bonds. The van der Waals surface area contributed by atoms with Gasteiger partial charge in [0.05, 0.1) is 0 Å². The third kappa shape index (κ3) is 3.86. The Hall–Kier alpha value is -2.74. The molecule has 0 bridgehead atoms. The summed E-state index contributed by atoms with van der Waals surface area (Å²) >= 11 is 4.94. The van der Waals surface area contributed by atoms with Crippen LogP contribution in [0.3, 0.4) is 0 Å². The molecule has 0 saturated carbocycles. The molecular weight excluding hydrogens is 292 g/mol. The zero-order valence-corrected chi connectivity index (χ0v) is 11.8. The van der Waals surface area contributed by atoms with Gasteiger partial charge in [-0.05, 0) is 31.3 Å². The van der Waals surface area contributed by atoms with Crippen LogP contribution in [-0.4, -0.2) is 21.0 Å². The molecule has 21 heavy (non-hydrogen) atoms. The van der Waals surface area contributed by atoms with Crippen molar-refractivity contribution in [3.63, 3.8) is 0 Å². The number of carbonyl (C=O) groups is 1. The third-order valence-electron chi connectivity index (χ3n) is 2.61. The van der Waals surface area contributed by atoms with E-state index in [0.717, 1.165) is 5.56 Å². The number of hydrogen-bond acceptors (Lipinski definition) is 4. The average Bonchev–Trinajstić information content (AvgIpc) is 2.42. The second-order valence-electron chi connectivity index (χ2n) is 4.26. The summed E-state index contributed by atoms with van der Waals surface area (Å²) in [5, 5.41) is 4.93. The molecule has 0 spiro atoms. The normalized spacial score (nSPS) is 9.95. The fourth-order valence-corrected chi connectivity index (χ4v) is 1.74. The molecule has 8 heteroatoms. The van der Waals surface area contributed by atoms with E-state index in [0.29, 0.717) is 5.56 Å². The van der Waals surface area contributed by atoms with E-state index in [1.807, 2.05) is 11.9 Å². The zero-order chi connectivity index (χ0) is 15.4. The SMILES string of the molecule is Cc1ccc(C(=O)NC(=S)Nc2c[nH]c(=O)[nH]c2=O)cc1. The standard InChI is InChI=1S/C13H12N4O3S/c1-7-2-4-8(5-3-7)10(18)17-13(21)15-9-6-14-12(20)16-11(9)19/h2-6H,1H3,(H2,14,16,19,20)(H2,15,17,18,21). The Morgan fingerprint density at radius 1 is 1.19 bits per heavy atom. The molecule has 0 saturated heterocycles. The number of aromatic nitrogens is 2. The number of H-pyrrole nitrogens is 2. The van der Waals surface area contributed by atoms with Crippen molar-refractivity contribution < 1.29 is 4.79 Å². The number of anilines is 1. The number of rotatable bonds is 2. The molecule has 1 heterocycles. The first kappa shape index (κ1) is 14.7. The number of carbonyl (C=O) groups excluding carboxylic acids is 1. The van der Waals surface area contributed by atoms with E-state index in [9.17, 15) is 14.4 Å². The number of amides is 1. The van der Waals surface area contributed by atoms with Gasteiger partial charge in [-0.15, -0.1) is 0 Å². The molecule has 0 unspecified atom stereocenters. The highest BCUT2D eigenvalue weighted by Crippen LogP contribution is 2.03. The Morgan fingerprint density at radius 2 is 1.86 bits per heavy atom. The fourth-order valence-electron chi connectivity index (χ4n) is 1.54. The smallest absolute Gasteiger partial charge is 0.325 e. The minimum absolute atomic E-state index is 0.0313. The van der Waals surface area contributed by atoms with Gasteiger partial charge in [0.1, 0.15) is 5.69 Å². The molecule has 2 rings (SSSR count). The van der Waals surface area contributed by atoms with E-state index in [4.69, 9.17) is 12.2 Å². The Labute approximate surface area is 124 Å². The van der Waals surface area contributed by atoms with E-state index in [1.165, 1.54) is 6.20 Å². The molecule has 0 aliphatic heterocycles. The third-order valence-corrected chi connectivity index (χ3v) is 2.81. The average molecular weight is 304 g/mol. The topological polar surface area (TPSA) is 107 Å². The van der Waals surface area contributed by atoms with Crippen molar-refractivity contribution in [1.82, 2.24) is 15.3 Å². The van der Waals surface area contributed by atoms with Gasteiger partial charge >= 0.3 is 5.69 Å². The zero-order valence-electron chi connectivity index (χ0n) is 11.0. The van der Waals surface area contributed by atoms with Crippen molar-refractivity contribution in [2.75, 3.05) is 5.32 Å². The van der Waals surface area contributed by atoms with E-state index >= 15 is 0 Å². The number of hydrogen-bond donors (Lipinski definition) is 4. The van der Waals surface area contributed by atoms with Gasteiger partial charge in [0.25, 0.3) is 11.5 Å². The predicted molar refractivity (Wildman–Crippen MR) is 82.5 cm³/mol. The van der Waals surface area contributed by atoms with E-state index in [-0.39, 0.29) is 10.8 Å². The molecule has 1 aromatic carbocycles. The lowest BCUT2D eigenvalue weighted by Gasteiger charge is -2.08. The summed E-state index contributed by atoms with van der Waals surface area (Å²) < 4.78 is 0. The van der Waals surface area contributed by atoms with E-state index in [2.05, 4.69) is 15.6 Å². The van der Waals surface area contributed by atoms with Crippen LogP contribution in [0, 0.1) is 6.92 Å². The van der Waals surface area contributed by atoms with Gasteiger partial charge in [0.2, 0.25) is 0 Å². The molecule has 4 N–H and O–H groups in total. The van der Waals surface area contributed by atoms with Crippen molar-refractivity contribution in [2.24, 2.45) is 0 Å². The summed E-state index contributed by atoms with van der Waals surface area (Å²) in [5.41, 5.74) is 0.252. The predicted octanol–water partition coefficient (Wildman–Crippen LogP) is 0.498. The summed E-state index contributed by atoms with van der Waals surface area (Å²) in [6, 6.07) is 6.94. The maximum Gasteiger partial charge on any atom is 0.325 e. The summed E-state index contributed by atoms with van der Waals surface area (Å²) in [5.74, 6) is -0.395. The molecule has 0 atom stereocenters. The lowest BCUT2D eigenvalue weighted by atomic mass is 10.1. The Kier molecular flexibility index (Phi) is 4.29. The first-order valence-corrected chi connectivity index (χ1v) is 6.37. The van der Waals surface area contributed by atoms with Crippen LogP contribution >= 0.6 is 12.2 Å². The van der Waals surface area contributed by atoms with E-state index in [1.54, 1.807) is 24.3 Å². The molecular formula is C13H12N4O3S. The van der Waals surface area contributed by atoms with Gasteiger partial charge < -0.3 is 10.3 Å². The maximum absolute atomic E-state index is 11.9. The second kappa shape index (κ2) is 6.14. The van der Waals surface area contributed by atoms with Crippen molar-refractivity contribution in [3.8, 4) is 0 Å². The van der Waals surface area contributed by atoms with Crippen LogP contribution in [-0.2, 0) is 0 Å². The number of thiocarbonyl (C=S) groups is 1. The Morgan fingerprint density at radius 3 is 2.48 bits per heavy atom. The Bertz CT molecular complexity index is 792. The van der Waals surface area contributed by atoms with Crippen molar-refractivity contribution in [3.05, 3.63) is 62.4 Å². The van der Waals surface area contributed by atoms with E-state index < -0.39 is 17.2 Å². The summed E-state index contributed by atoms with van der Waals surface area (Å²) in [7, 11) is 0. The minimum atomic E-state index is -0.634. The highest BCUT2D eigenvalue weighted by Gasteiger charge is 2.09. The van der Waals surface area contributed by atoms with Crippen molar-refractivity contribution >= 4 is 28.9 Å². The molecule has 108 valence electrons. The number of nitrogens with one attached hydrogen (secondary N) is 4. The molecule has 7 nitrogen and oxygen atoms in total. The largest absolute Gasteiger partial charge is 0.327 e. The Balaban J connectivity index is 2.04. The minimum Gasteiger partial charge on any atom is -0.327 e. The van der Waals surface area contributed by atoms with Gasteiger partial charge in [0.15, 0.2) is 5.11 Å². The maximum atomic E-state index is 11.9. The quantitative estimate of drug-likeness (QED) is 0.604. The van der Waals surface area contributed by atoms with Crippen LogP contribution < -0.4 is 21.9 Å². The number of aryl methyl sites for hydroxylation is 1. The van der Waals surface area contributed by atoms with Crippen LogP contribution in [0.4, 0.5) is 5.69 Å². The number of benzene rings is 1. The van der Waals surface area contributed by atoms with Crippen LogP contribution in [0.25, 0.3) is 0 Å². The second-order valence-corrected chi connectivity index (χ2v) is 4.67.